The lowest BCUT2D eigenvalue weighted by molar-refractivity contribution is 0.669. The Hall–Kier alpha value is -9.18. The number of hydrogen-bond acceptors (Lipinski definition) is 2. The van der Waals surface area contributed by atoms with E-state index in [0.29, 0.717) is 0 Å². The van der Waals surface area contributed by atoms with Crippen LogP contribution in [0.4, 0.5) is 17.1 Å². The second-order valence-electron chi connectivity index (χ2n) is 17.7. The number of hydrogen-bond donors (Lipinski definition) is 0. The molecule has 0 aliphatic heterocycles. The summed E-state index contributed by atoms with van der Waals surface area (Å²) in [6.07, 6.45) is 0. The summed E-state index contributed by atoms with van der Waals surface area (Å²) >= 11 is 0. The van der Waals surface area contributed by atoms with Crippen molar-refractivity contribution in [3.05, 3.63) is 267 Å². The monoisotopic (exact) mass is 880 g/mol. The van der Waals surface area contributed by atoms with Crippen LogP contribution < -0.4 is 4.90 Å². The number of rotatable bonds is 9. The van der Waals surface area contributed by atoms with Gasteiger partial charge in [0, 0.05) is 44.3 Å². The van der Waals surface area contributed by atoms with Gasteiger partial charge in [-0.25, -0.2) is 0 Å². The molecule has 2 aromatic heterocycles. The third kappa shape index (κ3) is 7.34. The summed E-state index contributed by atoms with van der Waals surface area (Å²) in [5.74, 6) is 0. The molecule has 0 spiro atoms. The second-order valence-corrected chi connectivity index (χ2v) is 17.7. The van der Waals surface area contributed by atoms with Crippen molar-refractivity contribution in [3.63, 3.8) is 0 Å². The fraction of sp³-hybridized carbons (Fsp3) is 0. The third-order valence-electron chi connectivity index (χ3n) is 13.7. The minimum Gasteiger partial charge on any atom is -0.456 e. The van der Waals surface area contributed by atoms with Crippen LogP contribution in [-0.2, 0) is 0 Å². The van der Waals surface area contributed by atoms with Gasteiger partial charge < -0.3 is 13.9 Å². The quantitative estimate of drug-likeness (QED) is 0.144. The first-order valence-electron chi connectivity index (χ1n) is 23.6. The fourth-order valence-corrected chi connectivity index (χ4v) is 10.1. The number of aromatic nitrogens is 1. The highest BCUT2D eigenvalue weighted by Gasteiger charge is 2.17. The van der Waals surface area contributed by atoms with Crippen LogP contribution in [0.2, 0.25) is 0 Å². The van der Waals surface area contributed by atoms with Crippen molar-refractivity contribution in [2.24, 2.45) is 0 Å². The number of benzene rings is 11. The van der Waals surface area contributed by atoms with E-state index in [4.69, 9.17) is 4.42 Å². The zero-order valence-electron chi connectivity index (χ0n) is 37.7. The molecule has 3 heteroatoms. The molecule has 3 nitrogen and oxygen atoms in total. The van der Waals surface area contributed by atoms with Crippen LogP contribution in [0.1, 0.15) is 0 Å². The van der Waals surface area contributed by atoms with Gasteiger partial charge in [0.25, 0.3) is 0 Å². The predicted molar refractivity (Wildman–Crippen MR) is 290 cm³/mol. The molecule has 13 rings (SSSR count). The second kappa shape index (κ2) is 16.9. The first-order chi connectivity index (χ1) is 34.2. The molecule has 0 aliphatic carbocycles. The summed E-state index contributed by atoms with van der Waals surface area (Å²) in [4.78, 5) is 2.35. The average Bonchev–Trinajstić information content (AvgIpc) is 3.97. The maximum atomic E-state index is 6.15. The van der Waals surface area contributed by atoms with Gasteiger partial charge in [0.05, 0.1) is 11.0 Å². The summed E-state index contributed by atoms with van der Waals surface area (Å²) in [5, 5.41) is 4.73. The molecular weight excluding hydrogens is 837 g/mol. The fourth-order valence-electron chi connectivity index (χ4n) is 10.1. The largest absolute Gasteiger partial charge is 0.456 e. The van der Waals surface area contributed by atoms with Crippen LogP contribution in [-0.4, -0.2) is 4.57 Å². The summed E-state index contributed by atoms with van der Waals surface area (Å²) in [5.41, 5.74) is 20.4. The standard InChI is InChI=1S/C66H44N2O/c1-3-11-45(12-4-1)47-19-21-48(22-20-47)50-23-33-55(34-24-50)67(57-37-29-52(30-38-57)54-32-42-66-62(44-54)60-16-8-10-18-65(60)69-66)56-35-27-51(28-36-56)53-31-41-64-61(43-53)59-15-7-9-17-63(59)68(64)58-39-25-49(26-40-58)46-13-5-2-6-14-46/h1-44H. The van der Waals surface area contributed by atoms with Gasteiger partial charge in [-0.1, -0.05) is 182 Å². The van der Waals surface area contributed by atoms with Crippen molar-refractivity contribution in [1.29, 1.82) is 0 Å². The minimum absolute atomic E-state index is 0.901. The Labute approximate surface area is 401 Å². The van der Waals surface area contributed by atoms with E-state index in [1.807, 2.05) is 12.1 Å². The van der Waals surface area contributed by atoms with Crippen LogP contribution in [0.25, 0.3) is 105 Å². The highest BCUT2D eigenvalue weighted by Crippen LogP contribution is 2.41. The molecule has 0 aliphatic rings. The van der Waals surface area contributed by atoms with Gasteiger partial charge in [-0.2, -0.15) is 0 Å². The summed E-state index contributed by atoms with van der Waals surface area (Å²) in [6, 6.07) is 96.1. The molecule has 69 heavy (non-hydrogen) atoms. The van der Waals surface area contributed by atoms with Crippen molar-refractivity contribution in [2.75, 3.05) is 4.90 Å². The number of para-hydroxylation sites is 2. The van der Waals surface area contributed by atoms with Gasteiger partial charge in [0.15, 0.2) is 0 Å². The maximum absolute atomic E-state index is 6.15. The first kappa shape index (κ1) is 40.1. The van der Waals surface area contributed by atoms with Crippen LogP contribution in [0.5, 0.6) is 0 Å². The Balaban J connectivity index is 0.847. The number of fused-ring (bicyclic) bond motifs is 6. The van der Waals surface area contributed by atoms with Gasteiger partial charge in [-0.05, 0) is 141 Å². The van der Waals surface area contributed by atoms with Crippen molar-refractivity contribution in [2.45, 2.75) is 0 Å². The average molecular weight is 881 g/mol. The molecule has 0 bridgehead atoms. The normalized spacial score (nSPS) is 11.5. The van der Waals surface area contributed by atoms with Crippen LogP contribution in [0, 0.1) is 0 Å². The van der Waals surface area contributed by atoms with E-state index >= 15 is 0 Å². The van der Waals surface area contributed by atoms with Crippen LogP contribution >= 0.6 is 0 Å². The molecule has 0 saturated heterocycles. The lowest BCUT2D eigenvalue weighted by Crippen LogP contribution is -2.09. The van der Waals surface area contributed by atoms with E-state index in [0.717, 1.165) is 61.4 Å². The summed E-state index contributed by atoms with van der Waals surface area (Å²) in [6.45, 7) is 0. The van der Waals surface area contributed by atoms with Gasteiger partial charge in [-0.3, -0.25) is 0 Å². The van der Waals surface area contributed by atoms with Crippen LogP contribution in [0.15, 0.2) is 271 Å². The number of anilines is 3. The summed E-state index contributed by atoms with van der Waals surface area (Å²) < 4.78 is 8.54. The smallest absolute Gasteiger partial charge is 0.135 e. The molecule has 0 unspecified atom stereocenters. The molecular formula is C66H44N2O. The Bertz CT molecular complexity index is 3940. The Morgan fingerprint density at radius 2 is 0.609 bits per heavy atom. The zero-order valence-corrected chi connectivity index (χ0v) is 37.7. The Morgan fingerprint density at radius 1 is 0.246 bits per heavy atom. The van der Waals surface area contributed by atoms with Crippen molar-refractivity contribution < 1.29 is 4.42 Å². The Morgan fingerprint density at radius 3 is 1.16 bits per heavy atom. The highest BCUT2D eigenvalue weighted by atomic mass is 16.3. The molecule has 324 valence electrons. The van der Waals surface area contributed by atoms with Gasteiger partial charge in [0.1, 0.15) is 11.2 Å². The van der Waals surface area contributed by atoms with Crippen molar-refractivity contribution in [1.82, 2.24) is 4.57 Å². The van der Waals surface area contributed by atoms with Crippen molar-refractivity contribution >= 4 is 60.8 Å². The molecule has 0 saturated carbocycles. The zero-order chi connectivity index (χ0) is 45.7. The SMILES string of the molecule is c1ccc(-c2ccc(-c3ccc(N(c4ccc(-c5ccc6oc7ccccc7c6c5)cc4)c4ccc(-c5ccc6c(c5)c5ccccc5n6-c5ccc(-c6ccccc6)cc5)cc4)cc3)cc2)cc1. The number of furan rings is 1. The van der Waals surface area contributed by atoms with E-state index in [1.165, 1.54) is 60.8 Å². The van der Waals surface area contributed by atoms with Gasteiger partial charge >= 0.3 is 0 Å². The molecule has 0 fully saturated rings. The van der Waals surface area contributed by atoms with E-state index in [9.17, 15) is 0 Å². The highest BCUT2D eigenvalue weighted by molar-refractivity contribution is 6.10. The third-order valence-corrected chi connectivity index (χ3v) is 13.7. The first-order valence-corrected chi connectivity index (χ1v) is 23.6. The van der Waals surface area contributed by atoms with Gasteiger partial charge in [0.2, 0.25) is 0 Å². The molecule has 2 heterocycles. The van der Waals surface area contributed by atoms with E-state index in [1.54, 1.807) is 0 Å². The molecule has 0 atom stereocenters. The lowest BCUT2D eigenvalue weighted by Gasteiger charge is -2.26. The molecule has 0 N–H and O–H groups in total. The Kier molecular flexibility index (Phi) is 9.84. The number of nitrogens with zero attached hydrogens (tertiary/aromatic N) is 2. The molecule has 0 radical (unpaired) electrons. The topological polar surface area (TPSA) is 21.3 Å². The maximum Gasteiger partial charge on any atom is 0.135 e. The van der Waals surface area contributed by atoms with E-state index in [-0.39, 0.29) is 0 Å². The minimum atomic E-state index is 0.901. The van der Waals surface area contributed by atoms with Gasteiger partial charge in [-0.15, -0.1) is 0 Å². The lowest BCUT2D eigenvalue weighted by atomic mass is 9.99. The van der Waals surface area contributed by atoms with E-state index < -0.39 is 0 Å². The van der Waals surface area contributed by atoms with Crippen molar-refractivity contribution in [3.8, 4) is 61.3 Å². The predicted octanol–water partition coefficient (Wildman–Crippen LogP) is 18.5. The summed E-state index contributed by atoms with van der Waals surface area (Å²) in [7, 11) is 0. The molecule has 0 amide bonds. The molecule has 13 aromatic rings. The van der Waals surface area contributed by atoms with E-state index in [2.05, 4.69) is 264 Å². The molecule has 11 aromatic carbocycles. The van der Waals surface area contributed by atoms with Crippen LogP contribution in [0.3, 0.4) is 0 Å².